The van der Waals surface area contributed by atoms with Gasteiger partial charge >= 0.3 is 0 Å². The summed E-state index contributed by atoms with van der Waals surface area (Å²) in [4.78, 5) is 0. The molecule has 1 N–H and O–H groups in total. The summed E-state index contributed by atoms with van der Waals surface area (Å²) in [5.74, 6) is 1.76. The third-order valence-corrected chi connectivity index (χ3v) is 2.59. The predicted molar refractivity (Wildman–Crippen MR) is 65.6 cm³/mol. The normalized spacial score (nSPS) is 14.6. The molecule has 0 spiro atoms. The van der Waals surface area contributed by atoms with E-state index in [2.05, 4.69) is 5.32 Å². The SMILES string of the molecule is CCOCCOc1ccc2c(c1)OCCNC2. The molecule has 4 nitrogen and oxygen atoms in total. The average Bonchev–Trinajstić information content (AvgIpc) is 2.59. The third kappa shape index (κ3) is 3.61. The Bertz CT molecular complexity index is 355. The molecule has 0 unspecified atom stereocenters. The average molecular weight is 237 g/mol. The van der Waals surface area contributed by atoms with E-state index in [-0.39, 0.29) is 0 Å². The lowest BCUT2D eigenvalue weighted by atomic mass is 10.2. The Kier molecular flexibility index (Phi) is 4.64. The molecule has 1 aromatic rings. The van der Waals surface area contributed by atoms with Crippen LogP contribution in [0.2, 0.25) is 0 Å². The Hall–Kier alpha value is -1.26. The van der Waals surface area contributed by atoms with E-state index in [4.69, 9.17) is 14.2 Å². The van der Waals surface area contributed by atoms with Gasteiger partial charge in [-0.25, -0.2) is 0 Å². The number of rotatable bonds is 5. The highest BCUT2D eigenvalue weighted by Gasteiger charge is 2.09. The van der Waals surface area contributed by atoms with Gasteiger partial charge in [-0.05, 0) is 13.0 Å². The van der Waals surface area contributed by atoms with E-state index in [1.807, 2.05) is 25.1 Å². The van der Waals surface area contributed by atoms with Crippen LogP contribution in [0.15, 0.2) is 18.2 Å². The lowest BCUT2D eigenvalue weighted by molar-refractivity contribution is 0.110. The highest BCUT2D eigenvalue weighted by atomic mass is 16.5. The van der Waals surface area contributed by atoms with Crippen molar-refractivity contribution in [3.8, 4) is 11.5 Å². The maximum atomic E-state index is 5.64. The van der Waals surface area contributed by atoms with E-state index in [9.17, 15) is 0 Å². The van der Waals surface area contributed by atoms with Crippen molar-refractivity contribution < 1.29 is 14.2 Å². The fourth-order valence-corrected chi connectivity index (χ4v) is 1.72. The summed E-state index contributed by atoms with van der Waals surface area (Å²) in [6, 6.07) is 5.97. The lowest BCUT2D eigenvalue weighted by Gasteiger charge is -2.10. The molecule has 0 fully saturated rings. The Labute approximate surface area is 102 Å². The van der Waals surface area contributed by atoms with Gasteiger partial charge in [0.15, 0.2) is 0 Å². The van der Waals surface area contributed by atoms with E-state index in [1.54, 1.807) is 0 Å². The van der Waals surface area contributed by atoms with Gasteiger partial charge in [-0.3, -0.25) is 0 Å². The molecule has 0 saturated heterocycles. The van der Waals surface area contributed by atoms with Crippen LogP contribution in [0, 0.1) is 0 Å². The van der Waals surface area contributed by atoms with Crippen LogP contribution in [0.25, 0.3) is 0 Å². The Morgan fingerprint density at radius 1 is 1.35 bits per heavy atom. The number of hydrogen-bond donors (Lipinski definition) is 1. The molecule has 17 heavy (non-hydrogen) atoms. The van der Waals surface area contributed by atoms with Crippen molar-refractivity contribution in [1.29, 1.82) is 0 Å². The van der Waals surface area contributed by atoms with Crippen molar-refractivity contribution in [2.75, 3.05) is 33.0 Å². The Morgan fingerprint density at radius 3 is 3.18 bits per heavy atom. The minimum absolute atomic E-state index is 0.574. The van der Waals surface area contributed by atoms with Crippen molar-refractivity contribution in [3.05, 3.63) is 23.8 Å². The van der Waals surface area contributed by atoms with Crippen LogP contribution in [0.1, 0.15) is 12.5 Å². The first-order valence-electron chi connectivity index (χ1n) is 6.07. The van der Waals surface area contributed by atoms with Gasteiger partial charge in [0.1, 0.15) is 24.7 Å². The maximum Gasteiger partial charge on any atom is 0.127 e. The van der Waals surface area contributed by atoms with Crippen LogP contribution in [0.4, 0.5) is 0 Å². The van der Waals surface area contributed by atoms with Crippen molar-refractivity contribution in [2.45, 2.75) is 13.5 Å². The molecule has 0 bridgehead atoms. The zero-order valence-corrected chi connectivity index (χ0v) is 10.2. The number of nitrogens with one attached hydrogen (secondary N) is 1. The highest BCUT2D eigenvalue weighted by molar-refractivity contribution is 5.41. The summed E-state index contributed by atoms with van der Waals surface area (Å²) in [5, 5.41) is 3.30. The topological polar surface area (TPSA) is 39.7 Å². The fraction of sp³-hybridized carbons (Fsp3) is 0.538. The molecular weight excluding hydrogens is 218 g/mol. The monoisotopic (exact) mass is 237 g/mol. The third-order valence-electron chi connectivity index (χ3n) is 2.59. The molecule has 1 aromatic carbocycles. The predicted octanol–water partition coefficient (Wildman–Crippen LogP) is 1.58. The summed E-state index contributed by atoms with van der Waals surface area (Å²) >= 11 is 0. The molecule has 0 atom stereocenters. The first-order valence-corrected chi connectivity index (χ1v) is 6.07. The van der Waals surface area contributed by atoms with Crippen LogP contribution in [-0.2, 0) is 11.3 Å². The highest BCUT2D eigenvalue weighted by Crippen LogP contribution is 2.25. The van der Waals surface area contributed by atoms with Crippen molar-refractivity contribution in [1.82, 2.24) is 5.32 Å². The molecule has 0 saturated carbocycles. The van der Waals surface area contributed by atoms with E-state index in [1.165, 1.54) is 5.56 Å². The van der Waals surface area contributed by atoms with Crippen molar-refractivity contribution in [3.63, 3.8) is 0 Å². The van der Waals surface area contributed by atoms with Crippen molar-refractivity contribution >= 4 is 0 Å². The number of fused-ring (bicyclic) bond motifs is 1. The molecule has 1 aliphatic rings. The Morgan fingerprint density at radius 2 is 2.29 bits per heavy atom. The van der Waals surface area contributed by atoms with Crippen LogP contribution in [-0.4, -0.2) is 33.0 Å². The van der Waals surface area contributed by atoms with Crippen LogP contribution in [0.5, 0.6) is 11.5 Å². The second-order valence-corrected chi connectivity index (χ2v) is 3.84. The number of hydrogen-bond acceptors (Lipinski definition) is 4. The van der Waals surface area contributed by atoms with Crippen LogP contribution >= 0.6 is 0 Å². The Balaban J connectivity index is 1.93. The van der Waals surface area contributed by atoms with Gasteiger partial charge < -0.3 is 19.5 Å². The van der Waals surface area contributed by atoms with Crippen molar-refractivity contribution in [2.24, 2.45) is 0 Å². The zero-order valence-electron chi connectivity index (χ0n) is 10.2. The molecule has 1 aliphatic heterocycles. The van der Waals surface area contributed by atoms with Crippen LogP contribution < -0.4 is 14.8 Å². The first kappa shape index (κ1) is 12.2. The van der Waals surface area contributed by atoms with E-state index in [0.29, 0.717) is 19.8 Å². The van der Waals surface area contributed by atoms with Crippen LogP contribution in [0.3, 0.4) is 0 Å². The van der Waals surface area contributed by atoms with E-state index >= 15 is 0 Å². The molecule has 0 aromatic heterocycles. The minimum atomic E-state index is 0.574. The van der Waals surface area contributed by atoms with E-state index in [0.717, 1.165) is 31.2 Å². The number of benzene rings is 1. The van der Waals surface area contributed by atoms with Gasteiger partial charge in [-0.2, -0.15) is 0 Å². The molecule has 0 radical (unpaired) electrons. The minimum Gasteiger partial charge on any atom is -0.492 e. The zero-order chi connectivity index (χ0) is 11.9. The van der Waals surface area contributed by atoms with Gasteiger partial charge in [-0.15, -0.1) is 0 Å². The maximum absolute atomic E-state index is 5.64. The van der Waals surface area contributed by atoms with Gasteiger partial charge in [0, 0.05) is 31.3 Å². The van der Waals surface area contributed by atoms with E-state index < -0.39 is 0 Å². The first-order chi connectivity index (χ1) is 8.40. The summed E-state index contributed by atoms with van der Waals surface area (Å²) < 4.78 is 16.5. The standard InChI is InChI=1S/C13H19NO3/c1-2-15-7-8-16-12-4-3-11-10-14-5-6-17-13(11)9-12/h3-4,9,14H,2,5-8,10H2,1H3. The van der Waals surface area contributed by atoms with Gasteiger partial charge in [0.05, 0.1) is 6.61 Å². The second-order valence-electron chi connectivity index (χ2n) is 3.84. The summed E-state index contributed by atoms with van der Waals surface area (Å²) in [6.45, 7) is 6.34. The van der Waals surface area contributed by atoms with Gasteiger partial charge in [0.2, 0.25) is 0 Å². The molecule has 2 rings (SSSR count). The quantitative estimate of drug-likeness (QED) is 0.789. The summed E-state index contributed by atoms with van der Waals surface area (Å²) in [5.41, 5.74) is 1.18. The molecular formula is C13H19NO3. The summed E-state index contributed by atoms with van der Waals surface area (Å²) in [6.07, 6.45) is 0. The number of ether oxygens (including phenoxy) is 3. The smallest absolute Gasteiger partial charge is 0.127 e. The van der Waals surface area contributed by atoms with Gasteiger partial charge in [-0.1, -0.05) is 6.07 Å². The summed E-state index contributed by atoms with van der Waals surface area (Å²) in [7, 11) is 0. The molecule has 0 aliphatic carbocycles. The molecule has 94 valence electrons. The lowest BCUT2D eigenvalue weighted by Crippen LogP contribution is -2.16. The fourth-order valence-electron chi connectivity index (χ4n) is 1.72. The van der Waals surface area contributed by atoms with Gasteiger partial charge in [0.25, 0.3) is 0 Å². The molecule has 1 heterocycles. The largest absolute Gasteiger partial charge is 0.492 e. The second kappa shape index (κ2) is 6.47. The molecule has 4 heteroatoms. The molecule has 0 amide bonds.